The third kappa shape index (κ3) is 6.70. The molecule has 39 heavy (non-hydrogen) atoms. The third-order valence-corrected chi connectivity index (χ3v) is 5.88. The first-order valence-corrected chi connectivity index (χ1v) is 11.7. The molecule has 0 bridgehead atoms. The molecule has 3 aromatic rings. The summed E-state index contributed by atoms with van der Waals surface area (Å²) < 4.78 is 0. The van der Waals surface area contributed by atoms with Crippen LogP contribution in [0.15, 0.2) is 76.7 Å². The summed E-state index contributed by atoms with van der Waals surface area (Å²) in [7, 11) is 0. The number of hydrogen-bond acceptors (Lipinski definition) is 8. The minimum absolute atomic E-state index is 0. The van der Waals surface area contributed by atoms with Crippen LogP contribution >= 0.6 is 24.8 Å². The number of amidine groups is 2. The molecule has 2 heterocycles. The monoisotopic (exact) mass is 569 g/mol. The summed E-state index contributed by atoms with van der Waals surface area (Å²) in [5.74, 6) is 0.414. The minimum Gasteiger partial charge on any atom is -0.368 e. The van der Waals surface area contributed by atoms with E-state index in [-0.39, 0.29) is 35.9 Å². The maximum absolute atomic E-state index is 12.8. The van der Waals surface area contributed by atoms with Gasteiger partial charge in [-0.3, -0.25) is 29.7 Å². The number of anilines is 2. The molecule has 4 N–H and O–H groups in total. The molecule has 11 nitrogen and oxygen atoms in total. The van der Waals surface area contributed by atoms with Crippen LogP contribution in [0, 0.1) is 10.1 Å². The molecule has 2 amide bonds. The molecule has 2 aliphatic rings. The number of nitro benzene ring substituents is 1. The lowest BCUT2D eigenvalue weighted by molar-refractivity contribution is -0.385. The lowest BCUT2D eigenvalue weighted by Crippen LogP contribution is -2.19. The Bertz CT molecular complexity index is 1440. The molecule has 0 aromatic heterocycles. The zero-order chi connectivity index (χ0) is 25.8. The summed E-state index contributed by atoms with van der Waals surface area (Å²) in [6.07, 6.45) is 0. The Balaban J connectivity index is 0.00000210. The van der Waals surface area contributed by atoms with Crippen LogP contribution in [0.1, 0.15) is 31.8 Å². The highest BCUT2D eigenvalue weighted by Gasteiger charge is 2.23. The van der Waals surface area contributed by atoms with Crippen LogP contribution < -0.4 is 21.3 Å². The van der Waals surface area contributed by atoms with E-state index in [2.05, 4.69) is 31.3 Å². The largest absolute Gasteiger partial charge is 0.368 e. The van der Waals surface area contributed by atoms with Gasteiger partial charge in [-0.15, -0.1) is 24.8 Å². The maximum Gasteiger partial charge on any atom is 0.282 e. The van der Waals surface area contributed by atoms with E-state index in [0.29, 0.717) is 17.9 Å². The Kier molecular flexibility index (Phi) is 9.58. The van der Waals surface area contributed by atoms with Crippen molar-refractivity contribution >= 4 is 65.4 Å². The van der Waals surface area contributed by atoms with Gasteiger partial charge in [0.2, 0.25) is 0 Å². The number of rotatable bonds is 7. The summed E-state index contributed by atoms with van der Waals surface area (Å²) in [4.78, 5) is 45.3. The smallest absolute Gasteiger partial charge is 0.282 e. The van der Waals surface area contributed by atoms with E-state index in [9.17, 15) is 19.7 Å². The predicted molar refractivity (Wildman–Crippen MR) is 155 cm³/mol. The lowest BCUT2D eigenvalue weighted by Gasteiger charge is -2.10. The quantitative estimate of drug-likeness (QED) is 0.252. The van der Waals surface area contributed by atoms with Crippen LogP contribution in [-0.2, 0) is 0 Å². The fourth-order valence-corrected chi connectivity index (χ4v) is 4.02. The summed E-state index contributed by atoms with van der Waals surface area (Å²) in [5, 5.41) is 23.5. The van der Waals surface area contributed by atoms with Gasteiger partial charge in [0.25, 0.3) is 17.5 Å². The minimum atomic E-state index is -0.678. The van der Waals surface area contributed by atoms with Gasteiger partial charge in [-0.25, -0.2) is 0 Å². The van der Waals surface area contributed by atoms with E-state index in [4.69, 9.17) is 0 Å². The van der Waals surface area contributed by atoms with E-state index < -0.39 is 22.4 Å². The van der Waals surface area contributed by atoms with E-state index in [0.717, 1.165) is 48.5 Å². The molecular formula is C26H25Cl2N7O4. The number of benzene rings is 3. The van der Waals surface area contributed by atoms with E-state index >= 15 is 0 Å². The number of halogens is 2. The Morgan fingerprint density at radius 1 is 0.744 bits per heavy atom. The fraction of sp³-hybridized carbons (Fsp3) is 0.154. The molecular weight excluding hydrogens is 545 g/mol. The average Bonchev–Trinajstić information content (AvgIpc) is 3.64. The molecule has 0 fully saturated rings. The zero-order valence-corrected chi connectivity index (χ0v) is 22.1. The topological polar surface area (TPSA) is 150 Å². The number of nitrogens with zero attached hydrogens (tertiary/aromatic N) is 3. The number of amides is 2. The van der Waals surface area contributed by atoms with Crippen LogP contribution in [0.3, 0.4) is 0 Å². The van der Waals surface area contributed by atoms with Crippen molar-refractivity contribution < 1.29 is 14.5 Å². The molecule has 0 saturated carbocycles. The normalized spacial score (nSPS) is 13.4. The molecule has 202 valence electrons. The highest BCUT2D eigenvalue weighted by atomic mass is 35.5. The Morgan fingerprint density at radius 2 is 1.23 bits per heavy atom. The lowest BCUT2D eigenvalue weighted by atomic mass is 10.1. The second-order valence-corrected chi connectivity index (χ2v) is 8.37. The van der Waals surface area contributed by atoms with Crippen LogP contribution in [0.2, 0.25) is 0 Å². The summed E-state index contributed by atoms with van der Waals surface area (Å²) >= 11 is 0. The van der Waals surface area contributed by atoms with E-state index in [1.165, 1.54) is 12.1 Å². The zero-order valence-electron chi connectivity index (χ0n) is 20.5. The van der Waals surface area contributed by atoms with Gasteiger partial charge in [0.05, 0.1) is 18.0 Å². The first-order valence-electron chi connectivity index (χ1n) is 11.7. The highest BCUT2D eigenvalue weighted by Crippen LogP contribution is 2.23. The van der Waals surface area contributed by atoms with Gasteiger partial charge in [0, 0.05) is 47.2 Å². The van der Waals surface area contributed by atoms with Crippen LogP contribution in [0.25, 0.3) is 0 Å². The standard InChI is InChI=1S/C26H23N7O4.2ClH/c34-25(31-19-6-1-16(2-7-19)23-27-11-12-28-23)18-5-10-21(22(15-18)33(36)37)26(35)32-20-8-3-17(4-9-20)24-29-13-14-30-24;;/h1-10,15H,11-14H2,(H,27,28)(H,29,30)(H,31,34)(H,32,35);2*1H. The van der Waals surface area contributed by atoms with Crippen molar-refractivity contribution in [3.05, 3.63) is 99.1 Å². The number of hydrogen-bond donors (Lipinski definition) is 4. The average molecular weight is 570 g/mol. The Morgan fingerprint density at radius 3 is 1.67 bits per heavy atom. The molecule has 0 aliphatic carbocycles. The molecule has 3 aromatic carbocycles. The Hall–Kier alpha value is -4.48. The maximum atomic E-state index is 12.8. The molecule has 2 aliphatic heterocycles. The van der Waals surface area contributed by atoms with Crippen molar-refractivity contribution in [2.24, 2.45) is 9.98 Å². The van der Waals surface area contributed by atoms with Gasteiger partial charge in [0.1, 0.15) is 17.2 Å². The second-order valence-electron chi connectivity index (χ2n) is 8.37. The predicted octanol–water partition coefficient (Wildman–Crippen LogP) is 3.64. The van der Waals surface area contributed by atoms with Crippen LogP contribution in [0.5, 0.6) is 0 Å². The van der Waals surface area contributed by atoms with E-state index in [1.54, 1.807) is 36.4 Å². The molecule has 0 unspecified atom stereocenters. The molecule has 5 rings (SSSR count). The van der Waals surface area contributed by atoms with Crippen molar-refractivity contribution in [3.8, 4) is 0 Å². The van der Waals surface area contributed by atoms with Crippen molar-refractivity contribution in [3.63, 3.8) is 0 Å². The van der Waals surface area contributed by atoms with Crippen LogP contribution in [-0.4, -0.2) is 54.6 Å². The third-order valence-electron chi connectivity index (χ3n) is 5.88. The van der Waals surface area contributed by atoms with Crippen molar-refractivity contribution in [2.45, 2.75) is 0 Å². The van der Waals surface area contributed by atoms with Gasteiger partial charge in [-0.05, 0) is 60.7 Å². The number of aliphatic imine (C=N–C) groups is 2. The molecule has 0 radical (unpaired) electrons. The number of carbonyl (C=O) groups is 2. The first-order chi connectivity index (χ1) is 18.0. The van der Waals surface area contributed by atoms with Gasteiger partial charge >= 0.3 is 0 Å². The van der Waals surface area contributed by atoms with Crippen molar-refractivity contribution in [1.29, 1.82) is 0 Å². The summed E-state index contributed by atoms with van der Waals surface area (Å²) in [6, 6.07) is 17.9. The first kappa shape index (κ1) is 29.1. The van der Waals surface area contributed by atoms with Crippen LogP contribution in [0.4, 0.5) is 17.1 Å². The van der Waals surface area contributed by atoms with Gasteiger partial charge < -0.3 is 21.3 Å². The fourth-order valence-electron chi connectivity index (χ4n) is 4.02. The Labute approximate surface area is 236 Å². The SMILES string of the molecule is Cl.Cl.O=C(Nc1ccc(C2=NCCN2)cc1)c1ccc(C(=O)Nc2ccc(C3=NCCN3)cc2)c([N+](=O)[O-])c1. The van der Waals surface area contributed by atoms with Crippen molar-refractivity contribution in [1.82, 2.24) is 10.6 Å². The highest BCUT2D eigenvalue weighted by molar-refractivity contribution is 6.10. The summed E-state index contributed by atoms with van der Waals surface area (Å²) in [5.41, 5.74) is 2.23. The summed E-state index contributed by atoms with van der Waals surface area (Å²) in [6.45, 7) is 3.01. The number of nitro groups is 1. The number of carbonyl (C=O) groups excluding carboxylic acids is 2. The molecule has 13 heteroatoms. The van der Waals surface area contributed by atoms with E-state index in [1.807, 2.05) is 12.1 Å². The van der Waals surface area contributed by atoms with Gasteiger partial charge in [-0.2, -0.15) is 0 Å². The van der Waals surface area contributed by atoms with Crippen molar-refractivity contribution in [2.75, 3.05) is 36.8 Å². The molecule has 0 atom stereocenters. The van der Waals surface area contributed by atoms with Gasteiger partial charge in [-0.1, -0.05) is 0 Å². The second kappa shape index (κ2) is 12.9. The molecule has 0 saturated heterocycles. The van der Waals surface area contributed by atoms with Gasteiger partial charge in [0.15, 0.2) is 0 Å². The molecule has 0 spiro atoms. The number of nitrogens with one attached hydrogen (secondary N) is 4.